The molecule has 0 unspecified atom stereocenters. The first-order valence-corrected chi connectivity index (χ1v) is 8.80. The van der Waals surface area contributed by atoms with E-state index in [0.29, 0.717) is 0 Å². The Morgan fingerprint density at radius 3 is 2.30 bits per heavy atom. The number of ether oxygens (including phenoxy) is 1. The largest absolute Gasteiger partial charge is 0.440 e. The van der Waals surface area contributed by atoms with Crippen LogP contribution in [0.3, 0.4) is 0 Å². The Kier molecular flexibility index (Phi) is 6.56. The fourth-order valence-electron chi connectivity index (χ4n) is 1.13. The summed E-state index contributed by atoms with van der Waals surface area (Å²) in [5.74, 6) is -0.780. The summed E-state index contributed by atoms with van der Waals surface area (Å²) >= 11 is 19.7. The topological polar surface area (TPSA) is 72.5 Å². The molecule has 0 aliphatic carbocycles. The summed E-state index contributed by atoms with van der Waals surface area (Å²) < 4.78 is 28.8. The average Bonchev–Trinajstić information content (AvgIpc) is 2.37. The number of nitrogens with one attached hydrogen (secondary N) is 1. The minimum atomic E-state index is -3.99. The third kappa shape index (κ3) is 5.38. The summed E-state index contributed by atoms with van der Waals surface area (Å²) in [7, 11) is -3.99. The summed E-state index contributed by atoms with van der Waals surface area (Å²) in [6, 6.07) is 7.41. The zero-order chi connectivity index (χ0) is 15.4. The number of esters is 1. The monoisotopic (exact) mass is 423 g/mol. The summed E-state index contributed by atoms with van der Waals surface area (Å²) in [6.07, 6.45) is -1.65. The van der Waals surface area contributed by atoms with Crippen LogP contribution in [0.5, 0.6) is 0 Å². The lowest BCUT2D eigenvalue weighted by Gasteiger charge is -2.24. The molecule has 0 aliphatic rings. The predicted molar refractivity (Wildman–Crippen MR) is 80.7 cm³/mol. The minimum Gasteiger partial charge on any atom is -0.440 e. The van der Waals surface area contributed by atoms with Crippen LogP contribution in [-0.4, -0.2) is 29.7 Å². The summed E-state index contributed by atoms with van der Waals surface area (Å²) in [5, 5.41) is -0.169. The Balaban J connectivity index is 2.98. The number of rotatable bonds is 5. The van der Waals surface area contributed by atoms with E-state index in [-0.39, 0.29) is 10.2 Å². The van der Waals surface area contributed by atoms with Gasteiger partial charge in [0.15, 0.2) is 0 Å². The zero-order valence-electron chi connectivity index (χ0n) is 9.72. The molecule has 0 aromatic heterocycles. The minimum absolute atomic E-state index is 0.0471. The molecular formula is C10H9BrCl3NO4S. The normalized spacial score (nSPS) is 13.8. The van der Waals surface area contributed by atoms with Gasteiger partial charge in [0.25, 0.3) is 0 Å². The molecule has 1 aromatic rings. The zero-order valence-corrected chi connectivity index (χ0v) is 14.4. The molecular weight excluding hydrogens is 416 g/mol. The molecule has 0 amide bonds. The van der Waals surface area contributed by atoms with Crippen molar-refractivity contribution < 1.29 is 17.9 Å². The lowest BCUT2D eigenvalue weighted by molar-refractivity contribution is -0.145. The number of carbonyl (C=O) groups excluding carboxylic acids is 1. The van der Waals surface area contributed by atoms with E-state index in [4.69, 9.17) is 39.5 Å². The van der Waals surface area contributed by atoms with Gasteiger partial charge in [-0.3, -0.25) is 4.79 Å². The molecule has 1 atom stereocenters. The SMILES string of the molecule is O=C(CBr)O[C@@H](NS(=O)(=O)c1ccccc1)C(Cl)(Cl)Cl. The van der Waals surface area contributed by atoms with E-state index >= 15 is 0 Å². The Hall–Kier alpha value is -0.0500. The molecule has 10 heteroatoms. The van der Waals surface area contributed by atoms with E-state index in [1.54, 1.807) is 6.07 Å². The second-order valence-corrected chi connectivity index (χ2v) is 8.12. The molecule has 20 heavy (non-hydrogen) atoms. The van der Waals surface area contributed by atoms with Gasteiger partial charge in [0.2, 0.25) is 20.0 Å². The van der Waals surface area contributed by atoms with E-state index in [9.17, 15) is 13.2 Å². The van der Waals surface area contributed by atoms with Crippen LogP contribution < -0.4 is 4.72 Å². The van der Waals surface area contributed by atoms with E-state index in [1.165, 1.54) is 24.3 Å². The number of hydrogen-bond donors (Lipinski definition) is 1. The van der Waals surface area contributed by atoms with E-state index in [1.807, 2.05) is 4.72 Å². The third-order valence-corrected chi connectivity index (χ3v) is 4.44. The molecule has 1 rings (SSSR count). The first-order valence-electron chi connectivity index (χ1n) is 5.06. The molecule has 1 aromatic carbocycles. The quantitative estimate of drug-likeness (QED) is 0.447. The van der Waals surface area contributed by atoms with Crippen LogP contribution in [-0.2, 0) is 19.6 Å². The fraction of sp³-hybridized carbons (Fsp3) is 0.300. The highest BCUT2D eigenvalue weighted by atomic mass is 79.9. The van der Waals surface area contributed by atoms with Crippen molar-refractivity contribution in [1.82, 2.24) is 4.72 Å². The van der Waals surface area contributed by atoms with Crippen molar-refractivity contribution in [2.24, 2.45) is 0 Å². The molecule has 112 valence electrons. The molecule has 0 fully saturated rings. The van der Waals surface area contributed by atoms with Crippen LogP contribution in [0.4, 0.5) is 0 Å². The lowest BCUT2D eigenvalue weighted by atomic mass is 10.4. The van der Waals surface area contributed by atoms with Crippen LogP contribution in [0.15, 0.2) is 35.2 Å². The predicted octanol–water partition coefficient (Wildman–Crippen LogP) is 2.60. The molecule has 0 saturated heterocycles. The fourth-order valence-corrected chi connectivity index (χ4v) is 2.91. The van der Waals surface area contributed by atoms with Crippen LogP contribution in [0.2, 0.25) is 0 Å². The molecule has 0 aliphatic heterocycles. The third-order valence-electron chi connectivity index (χ3n) is 1.97. The second kappa shape index (κ2) is 7.29. The van der Waals surface area contributed by atoms with E-state index in [2.05, 4.69) is 15.9 Å². The van der Waals surface area contributed by atoms with Crippen molar-refractivity contribution in [3.8, 4) is 0 Å². The number of carbonyl (C=O) groups is 1. The Labute approximate surface area is 139 Å². The van der Waals surface area contributed by atoms with Crippen molar-refractivity contribution >= 4 is 66.7 Å². The van der Waals surface area contributed by atoms with Crippen LogP contribution >= 0.6 is 50.7 Å². The van der Waals surface area contributed by atoms with Gasteiger partial charge in [-0.1, -0.05) is 68.9 Å². The number of benzene rings is 1. The number of halogens is 4. The maximum Gasteiger partial charge on any atom is 0.318 e. The number of alkyl halides is 4. The van der Waals surface area contributed by atoms with Crippen molar-refractivity contribution in [2.75, 3.05) is 5.33 Å². The van der Waals surface area contributed by atoms with Gasteiger partial charge in [0, 0.05) is 0 Å². The Bertz CT molecular complexity index is 562. The van der Waals surface area contributed by atoms with Crippen molar-refractivity contribution in [2.45, 2.75) is 14.9 Å². The maximum atomic E-state index is 12.1. The van der Waals surface area contributed by atoms with Gasteiger partial charge in [0.05, 0.1) is 4.90 Å². The van der Waals surface area contributed by atoms with Crippen LogP contribution in [0.1, 0.15) is 0 Å². The highest BCUT2D eigenvalue weighted by Gasteiger charge is 2.39. The first-order chi connectivity index (χ1) is 9.16. The van der Waals surface area contributed by atoms with Crippen molar-refractivity contribution in [3.63, 3.8) is 0 Å². The van der Waals surface area contributed by atoms with Crippen molar-refractivity contribution in [3.05, 3.63) is 30.3 Å². The van der Waals surface area contributed by atoms with Gasteiger partial charge in [-0.05, 0) is 12.1 Å². The van der Waals surface area contributed by atoms with Gasteiger partial charge in [-0.2, -0.15) is 4.72 Å². The molecule has 0 radical (unpaired) electrons. The van der Waals surface area contributed by atoms with Crippen LogP contribution in [0, 0.1) is 0 Å². The van der Waals surface area contributed by atoms with Crippen LogP contribution in [0.25, 0.3) is 0 Å². The number of sulfonamides is 1. The van der Waals surface area contributed by atoms with Gasteiger partial charge in [-0.25, -0.2) is 8.42 Å². The maximum absolute atomic E-state index is 12.1. The van der Waals surface area contributed by atoms with Crippen molar-refractivity contribution in [1.29, 1.82) is 0 Å². The lowest BCUT2D eigenvalue weighted by Crippen LogP contribution is -2.46. The van der Waals surface area contributed by atoms with Gasteiger partial charge in [-0.15, -0.1) is 0 Å². The highest BCUT2D eigenvalue weighted by Crippen LogP contribution is 2.32. The Morgan fingerprint density at radius 2 is 1.85 bits per heavy atom. The summed E-state index contributed by atoms with van der Waals surface area (Å²) in [4.78, 5) is 11.2. The first kappa shape index (κ1) is 18.0. The molecule has 0 spiro atoms. The average molecular weight is 426 g/mol. The van der Waals surface area contributed by atoms with E-state index in [0.717, 1.165) is 0 Å². The smallest absolute Gasteiger partial charge is 0.318 e. The summed E-state index contributed by atoms with van der Waals surface area (Å²) in [5.41, 5.74) is 0. The standard InChI is InChI=1S/C10H9BrCl3NO4S/c11-6-8(16)19-9(10(12,13)14)15-20(17,18)7-4-2-1-3-5-7/h1-5,9,15H,6H2/t9-/m1/s1. The molecule has 5 nitrogen and oxygen atoms in total. The van der Waals surface area contributed by atoms with Gasteiger partial charge < -0.3 is 4.74 Å². The van der Waals surface area contributed by atoms with Gasteiger partial charge >= 0.3 is 5.97 Å². The second-order valence-electron chi connectivity index (χ2n) is 3.48. The highest BCUT2D eigenvalue weighted by molar-refractivity contribution is 9.09. The molecule has 0 saturated carbocycles. The van der Waals surface area contributed by atoms with E-state index < -0.39 is 26.0 Å². The summed E-state index contributed by atoms with van der Waals surface area (Å²) in [6.45, 7) is 0. The molecule has 0 bridgehead atoms. The van der Waals surface area contributed by atoms with Gasteiger partial charge in [0.1, 0.15) is 5.33 Å². The molecule has 0 heterocycles. The molecule has 1 N–H and O–H groups in total. The number of hydrogen-bond acceptors (Lipinski definition) is 4. The Morgan fingerprint density at radius 1 is 1.30 bits per heavy atom.